The molecule has 0 aromatic heterocycles. The fourth-order valence-corrected chi connectivity index (χ4v) is 10.2. The highest BCUT2D eigenvalue weighted by molar-refractivity contribution is 6.32. The predicted octanol–water partition coefficient (Wildman–Crippen LogP) is 5.52. The number of nitrogens with one attached hydrogen (secondary N) is 2. The Morgan fingerprint density at radius 2 is 1.52 bits per heavy atom. The topological polar surface area (TPSA) is 152 Å². The first kappa shape index (κ1) is 37.7. The SMILES string of the molecule is Cc1c(OC2C(C)(C)C(NC(=O)c3ccc(N4CCC(N5Cc6cc7c(cc6C5)C(=O)N(C5CCC(=O)NC5=O)C7=O)CC4)cc3)C2(C)C)ccc(C#N)c1Cl. The van der Waals surface area contributed by atoms with Gasteiger partial charge in [-0.3, -0.25) is 39.1 Å². The van der Waals surface area contributed by atoms with Crippen molar-refractivity contribution < 1.29 is 28.7 Å². The second-order valence-electron chi connectivity index (χ2n) is 17.0. The molecule has 13 heteroatoms. The summed E-state index contributed by atoms with van der Waals surface area (Å²) < 4.78 is 6.50. The standard InChI is InChI=1S/C43H45ClN6O6/c1-23-33(12-8-25(20-45)35(23)44)56-41-42(2,3)40(43(41,4)5)47-36(52)24-6-9-28(10-7-24)48-16-14-29(15-17-48)49-21-26-18-30-31(19-27(26)22-49)39(55)50(38(30)54)32-11-13-34(51)46-37(32)53/h6-10,12,18-19,29,32,40-41H,11,13-17,21-22H2,1-5H3,(H,47,52)(H,46,51,53). The van der Waals surface area contributed by atoms with E-state index in [0.29, 0.717) is 52.2 Å². The summed E-state index contributed by atoms with van der Waals surface area (Å²) >= 11 is 6.41. The number of nitrogens with zero attached hydrogens (tertiary/aromatic N) is 4. The molecule has 0 bridgehead atoms. The molecule has 3 aromatic rings. The van der Waals surface area contributed by atoms with Crippen LogP contribution in [0.1, 0.15) is 107 Å². The lowest BCUT2D eigenvalue weighted by atomic mass is 9.49. The van der Waals surface area contributed by atoms with Crippen LogP contribution in [-0.2, 0) is 22.7 Å². The molecule has 1 saturated carbocycles. The molecule has 3 fully saturated rings. The number of ether oxygens (including phenoxy) is 1. The molecule has 290 valence electrons. The highest BCUT2D eigenvalue weighted by atomic mass is 35.5. The molecule has 8 rings (SSSR count). The van der Waals surface area contributed by atoms with E-state index < -0.39 is 29.7 Å². The highest BCUT2D eigenvalue weighted by Crippen LogP contribution is 2.56. The van der Waals surface area contributed by atoms with Crippen LogP contribution in [0.2, 0.25) is 5.02 Å². The second-order valence-corrected chi connectivity index (χ2v) is 17.4. The summed E-state index contributed by atoms with van der Waals surface area (Å²) in [7, 11) is 0. The van der Waals surface area contributed by atoms with Gasteiger partial charge in [-0.05, 0) is 85.8 Å². The Bertz CT molecular complexity index is 2180. The molecule has 1 unspecified atom stereocenters. The lowest BCUT2D eigenvalue weighted by molar-refractivity contribution is -0.164. The molecule has 0 spiro atoms. The van der Waals surface area contributed by atoms with E-state index in [1.165, 1.54) is 0 Å². The van der Waals surface area contributed by atoms with E-state index in [0.717, 1.165) is 53.2 Å². The van der Waals surface area contributed by atoms with Gasteiger partial charge in [-0.2, -0.15) is 5.26 Å². The molecule has 1 atom stereocenters. The van der Waals surface area contributed by atoms with E-state index in [9.17, 15) is 29.2 Å². The van der Waals surface area contributed by atoms with Gasteiger partial charge in [0.2, 0.25) is 11.8 Å². The minimum atomic E-state index is -0.973. The summed E-state index contributed by atoms with van der Waals surface area (Å²) in [6, 6.07) is 16.2. The molecular formula is C43H45ClN6O6. The summed E-state index contributed by atoms with van der Waals surface area (Å²) in [5.41, 5.74) is 4.73. The number of amides is 5. The van der Waals surface area contributed by atoms with Crippen LogP contribution in [0.4, 0.5) is 5.69 Å². The van der Waals surface area contributed by atoms with Crippen LogP contribution in [0.15, 0.2) is 48.5 Å². The van der Waals surface area contributed by atoms with Gasteiger partial charge in [-0.25, -0.2) is 0 Å². The minimum absolute atomic E-state index is 0.0896. The first-order valence-electron chi connectivity index (χ1n) is 19.2. The maximum Gasteiger partial charge on any atom is 0.262 e. The number of imide groups is 2. The molecule has 4 aliphatic heterocycles. The number of halogens is 1. The van der Waals surface area contributed by atoms with Crippen LogP contribution in [0.5, 0.6) is 5.75 Å². The molecule has 1 aliphatic carbocycles. The number of piperidine rings is 2. The third-order valence-corrected chi connectivity index (χ3v) is 13.3. The van der Waals surface area contributed by atoms with E-state index in [-0.39, 0.29) is 41.7 Å². The van der Waals surface area contributed by atoms with Gasteiger partial charge in [-0.1, -0.05) is 39.3 Å². The van der Waals surface area contributed by atoms with E-state index >= 15 is 0 Å². The van der Waals surface area contributed by atoms with Crippen LogP contribution < -0.4 is 20.3 Å². The van der Waals surface area contributed by atoms with Gasteiger partial charge in [0.15, 0.2) is 0 Å². The Balaban J connectivity index is 0.850. The van der Waals surface area contributed by atoms with Gasteiger partial charge in [-0.15, -0.1) is 0 Å². The van der Waals surface area contributed by atoms with E-state index in [2.05, 4.69) is 54.2 Å². The third-order valence-electron chi connectivity index (χ3n) is 12.8. The summed E-state index contributed by atoms with van der Waals surface area (Å²) in [6.45, 7) is 13.3. The Morgan fingerprint density at radius 1 is 0.911 bits per heavy atom. The van der Waals surface area contributed by atoms with Crippen LogP contribution in [0.25, 0.3) is 0 Å². The second kappa shape index (κ2) is 13.7. The summed E-state index contributed by atoms with van der Waals surface area (Å²) in [4.78, 5) is 70.1. The van der Waals surface area contributed by atoms with Crippen molar-refractivity contribution in [2.75, 3.05) is 18.0 Å². The molecule has 4 heterocycles. The molecule has 5 amide bonds. The highest BCUT2D eigenvalue weighted by Gasteiger charge is 2.64. The molecule has 2 N–H and O–H groups in total. The average molecular weight is 777 g/mol. The number of benzene rings is 3. The Morgan fingerprint density at radius 3 is 2.09 bits per heavy atom. The van der Waals surface area contributed by atoms with Crippen molar-refractivity contribution in [3.8, 4) is 11.8 Å². The molecule has 0 radical (unpaired) electrons. The monoisotopic (exact) mass is 776 g/mol. The lowest BCUT2D eigenvalue weighted by Crippen LogP contribution is -2.74. The number of hydrogen-bond donors (Lipinski definition) is 2. The quantitative estimate of drug-likeness (QED) is 0.296. The number of hydrogen-bond acceptors (Lipinski definition) is 9. The summed E-state index contributed by atoms with van der Waals surface area (Å²) in [5.74, 6) is -1.46. The van der Waals surface area contributed by atoms with Crippen molar-refractivity contribution in [3.05, 3.63) is 92.5 Å². The van der Waals surface area contributed by atoms with Crippen molar-refractivity contribution in [1.29, 1.82) is 5.26 Å². The normalized spacial score (nSPS) is 24.3. The molecule has 12 nitrogen and oxygen atoms in total. The van der Waals surface area contributed by atoms with Crippen LogP contribution in [0.3, 0.4) is 0 Å². The Hall–Kier alpha value is -5.25. The van der Waals surface area contributed by atoms with Gasteiger partial charge in [0.25, 0.3) is 17.7 Å². The van der Waals surface area contributed by atoms with Gasteiger partial charge >= 0.3 is 0 Å². The maximum atomic E-state index is 13.6. The molecule has 2 saturated heterocycles. The largest absolute Gasteiger partial charge is 0.489 e. The van der Waals surface area contributed by atoms with E-state index in [4.69, 9.17) is 16.3 Å². The van der Waals surface area contributed by atoms with Gasteiger partial charge < -0.3 is 15.0 Å². The Kier molecular flexibility index (Phi) is 9.24. The predicted molar refractivity (Wildman–Crippen MR) is 208 cm³/mol. The zero-order valence-electron chi connectivity index (χ0n) is 32.2. The number of anilines is 1. The molecule has 5 aliphatic rings. The average Bonchev–Trinajstić information content (AvgIpc) is 3.70. The number of fused-ring (bicyclic) bond motifs is 2. The number of rotatable bonds is 7. The van der Waals surface area contributed by atoms with Crippen molar-refractivity contribution >= 4 is 46.8 Å². The fourth-order valence-electron chi connectivity index (χ4n) is 9.99. The van der Waals surface area contributed by atoms with Gasteiger partial charge in [0.1, 0.15) is 24.0 Å². The number of carbonyl (C=O) groups excluding carboxylic acids is 5. The first-order valence-corrected chi connectivity index (χ1v) is 19.6. The van der Waals surface area contributed by atoms with Gasteiger partial charge in [0, 0.05) is 72.3 Å². The molecule has 3 aromatic carbocycles. The number of nitriles is 1. The zero-order valence-corrected chi connectivity index (χ0v) is 33.0. The van der Waals surface area contributed by atoms with Crippen molar-refractivity contribution in [3.63, 3.8) is 0 Å². The Labute approximate surface area is 331 Å². The number of carbonyl (C=O) groups is 5. The minimum Gasteiger partial charge on any atom is -0.489 e. The fraction of sp³-hybridized carbons (Fsp3) is 0.442. The van der Waals surface area contributed by atoms with Crippen LogP contribution in [-0.4, -0.2) is 76.7 Å². The first-order chi connectivity index (χ1) is 26.6. The van der Waals surface area contributed by atoms with Crippen molar-refractivity contribution in [2.24, 2.45) is 10.8 Å². The van der Waals surface area contributed by atoms with E-state index in [1.807, 2.05) is 43.3 Å². The lowest BCUT2D eigenvalue weighted by Gasteiger charge is -2.63. The summed E-state index contributed by atoms with van der Waals surface area (Å²) in [5, 5.41) is 15.2. The van der Waals surface area contributed by atoms with Crippen molar-refractivity contribution in [2.45, 2.75) is 97.6 Å². The third kappa shape index (κ3) is 6.12. The van der Waals surface area contributed by atoms with Crippen molar-refractivity contribution in [1.82, 2.24) is 20.4 Å². The van der Waals surface area contributed by atoms with Crippen LogP contribution >= 0.6 is 11.6 Å². The summed E-state index contributed by atoms with van der Waals surface area (Å²) in [6.07, 6.45) is 1.92. The zero-order chi connectivity index (χ0) is 39.8. The molecule has 56 heavy (non-hydrogen) atoms. The van der Waals surface area contributed by atoms with Gasteiger partial charge in [0.05, 0.1) is 21.7 Å². The van der Waals surface area contributed by atoms with Crippen LogP contribution in [0, 0.1) is 29.1 Å². The maximum absolute atomic E-state index is 13.6. The molecular weight excluding hydrogens is 732 g/mol. The smallest absolute Gasteiger partial charge is 0.262 e. The van der Waals surface area contributed by atoms with E-state index in [1.54, 1.807) is 12.1 Å².